The fourth-order valence-electron chi connectivity index (χ4n) is 1.35. The van der Waals surface area contributed by atoms with Crippen molar-refractivity contribution in [2.24, 2.45) is 0 Å². The van der Waals surface area contributed by atoms with Crippen LogP contribution < -0.4 is 10.6 Å². The summed E-state index contributed by atoms with van der Waals surface area (Å²) < 4.78 is 0. The summed E-state index contributed by atoms with van der Waals surface area (Å²) in [5, 5.41) is 5.92. The summed E-state index contributed by atoms with van der Waals surface area (Å²) in [5.74, 6) is -0.468. The van der Waals surface area contributed by atoms with Gasteiger partial charge < -0.3 is 10.6 Å². The predicted molar refractivity (Wildman–Crippen MR) is 71.7 cm³/mol. The van der Waals surface area contributed by atoms with Gasteiger partial charge in [0, 0.05) is 17.1 Å². The fourth-order valence-corrected chi connectivity index (χ4v) is 1.47. The zero-order valence-corrected chi connectivity index (χ0v) is 11.3. The lowest BCUT2D eigenvalue weighted by molar-refractivity contribution is -0.122. The van der Waals surface area contributed by atoms with E-state index < -0.39 is 6.04 Å². The summed E-state index contributed by atoms with van der Waals surface area (Å²) >= 11 is 5.73. The molecular formula is C13H17ClN2O2. The van der Waals surface area contributed by atoms with E-state index in [0.717, 1.165) is 6.42 Å². The van der Waals surface area contributed by atoms with Crippen molar-refractivity contribution in [1.82, 2.24) is 10.6 Å². The maximum atomic E-state index is 11.8. The Hall–Kier alpha value is -1.55. The number of carbonyl (C=O) groups excluding carboxylic acids is 2. The molecule has 0 fully saturated rings. The fraction of sp³-hybridized carbons (Fsp3) is 0.385. The van der Waals surface area contributed by atoms with Gasteiger partial charge in [0.2, 0.25) is 5.91 Å². The van der Waals surface area contributed by atoms with Crippen molar-refractivity contribution >= 4 is 23.4 Å². The molecule has 0 aromatic heterocycles. The van der Waals surface area contributed by atoms with E-state index in [1.54, 1.807) is 31.2 Å². The van der Waals surface area contributed by atoms with Crippen molar-refractivity contribution in [2.75, 3.05) is 6.54 Å². The summed E-state index contributed by atoms with van der Waals surface area (Å²) in [5.41, 5.74) is 0.481. The quantitative estimate of drug-likeness (QED) is 0.858. The van der Waals surface area contributed by atoms with Gasteiger partial charge in [-0.25, -0.2) is 0 Å². The summed E-state index contributed by atoms with van der Waals surface area (Å²) in [6.07, 6.45) is 0.865. The van der Waals surface area contributed by atoms with E-state index in [2.05, 4.69) is 10.6 Å². The third-order valence-corrected chi connectivity index (χ3v) is 2.65. The Labute approximate surface area is 112 Å². The Bertz CT molecular complexity index is 418. The van der Waals surface area contributed by atoms with E-state index in [-0.39, 0.29) is 11.8 Å². The molecule has 1 aromatic rings. The van der Waals surface area contributed by atoms with Crippen molar-refractivity contribution in [1.29, 1.82) is 0 Å². The van der Waals surface area contributed by atoms with E-state index in [0.29, 0.717) is 17.1 Å². The van der Waals surface area contributed by atoms with Gasteiger partial charge >= 0.3 is 0 Å². The lowest BCUT2D eigenvalue weighted by atomic mass is 10.2. The molecule has 4 nitrogen and oxygen atoms in total. The lowest BCUT2D eigenvalue weighted by Gasteiger charge is -2.13. The first-order valence-corrected chi connectivity index (χ1v) is 6.26. The molecule has 0 aliphatic heterocycles. The number of nitrogens with one attached hydrogen (secondary N) is 2. The molecule has 0 aliphatic carbocycles. The molecule has 0 unspecified atom stereocenters. The van der Waals surface area contributed by atoms with Crippen molar-refractivity contribution in [3.8, 4) is 0 Å². The number of amides is 2. The second-order valence-corrected chi connectivity index (χ2v) is 4.43. The van der Waals surface area contributed by atoms with Crippen molar-refractivity contribution in [2.45, 2.75) is 26.3 Å². The number of hydrogen-bond acceptors (Lipinski definition) is 2. The van der Waals surface area contributed by atoms with Crippen LogP contribution in [0.5, 0.6) is 0 Å². The summed E-state index contributed by atoms with van der Waals surface area (Å²) in [6.45, 7) is 4.23. The first kappa shape index (κ1) is 14.5. The van der Waals surface area contributed by atoms with Crippen molar-refractivity contribution in [3.05, 3.63) is 34.9 Å². The van der Waals surface area contributed by atoms with Gasteiger partial charge in [0.15, 0.2) is 0 Å². The number of benzene rings is 1. The minimum absolute atomic E-state index is 0.181. The van der Waals surface area contributed by atoms with E-state index >= 15 is 0 Å². The van der Waals surface area contributed by atoms with Crippen LogP contribution in [0.4, 0.5) is 0 Å². The number of hydrogen-bond donors (Lipinski definition) is 2. The molecule has 18 heavy (non-hydrogen) atoms. The van der Waals surface area contributed by atoms with Gasteiger partial charge in [-0.05, 0) is 37.6 Å². The highest BCUT2D eigenvalue weighted by atomic mass is 35.5. The molecular weight excluding hydrogens is 252 g/mol. The van der Waals surface area contributed by atoms with Gasteiger partial charge in [0.05, 0.1) is 0 Å². The average molecular weight is 269 g/mol. The van der Waals surface area contributed by atoms with Crippen molar-refractivity contribution in [3.63, 3.8) is 0 Å². The standard InChI is InChI=1S/C13H17ClN2O2/c1-3-8-15-12(17)9(2)16-13(18)10-4-6-11(14)7-5-10/h4-7,9H,3,8H2,1-2H3,(H,15,17)(H,16,18)/t9-/m0/s1. The highest BCUT2D eigenvalue weighted by Crippen LogP contribution is 2.09. The molecule has 0 saturated heterocycles. The Kier molecular flexibility index (Phi) is 5.65. The van der Waals surface area contributed by atoms with Crippen LogP contribution in [0.1, 0.15) is 30.6 Å². The molecule has 0 aliphatic rings. The van der Waals surface area contributed by atoms with Crippen LogP contribution in [0.3, 0.4) is 0 Å². The molecule has 1 rings (SSSR count). The minimum atomic E-state index is -0.556. The van der Waals surface area contributed by atoms with Gasteiger partial charge in [-0.3, -0.25) is 9.59 Å². The molecule has 0 radical (unpaired) electrons. The first-order valence-electron chi connectivity index (χ1n) is 5.88. The zero-order chi connectivity index (χ0) is 13.5. The zero-order valence-electron chi connectivity index (χ0n) is 10.5. The van der Waals surface area contributed by atoms with Crippen LogP contribution in [-0.2, 0) is 4.79 Å². The SMILES string of the molecule is CCCNC(=O)[C@H](C)NC(=O)c1ccc(Cl)cc1. The Balaban J connectivity index is 2.53. The highest BCUT2D eigenvalue weighted by Gasteiger charge is 2.15. The maximum absolute atomic E-state index is 11.8. The Morgan fingerprint density at radius 2 is 1.89 bits per heavy atom. The van der Waals surface area contributed by atoms with Crippen LogP contribution in [0.15, 0.2) is 24.3 Å². The van der Waals surface area contributed by atoms with E-state index in [9.17, 15) is 9.59 Å². The normalized spacial score (nSPS) is 11.7. The monoisotopic (exact) mass is 268 g/mol. The van der Waals surface area contributed by atoms with Gasteiger partial charge in [-0.15, -0.1) is 0 Å². The molecule has 0 bridgehead atoms. The van der Waals surface area contributed by atoms with Crippen LogP contribution in [0, 0.1) is 0 Å². The highest BCUT2D eigenvalue weighted by molar-refractivity contribution is 6.30. The molecule has 0 spiro atoms. The summed E-state index contributed by atoms with van der Waals surface area (Å²) in [4.78, 5) is 23.4. The van der Waals surface area contributed by atoms with Crippen molar-refractivity contribution < 1.29 is 9.59 Å². The largest absolute Gasteiger partial charge is 0.354 e. The Morgan fingerprint density at radius 3 is 2.44 bits per heavy atom. The van der Waals surface area contributed by atoms with Crippen LogP contribution in [0.2, 0.25) is 5.02 Å². The molecule has 1 atom stereocenters. The molecule has 2 N–H and O–H groups in total. The molecule has 0 heterocycles. The predicted octanol–water partition coefficient (Wildman–Crippen LogP) is 1.98. The van der Waals surface area contributed by atoms with E-state index in [4.69, 9.17) is 11.6 Å². The van der Waals surface area contributed by atoms with Gasteiger partial charge in [-0.2, -0.15) is 0 Å². The average Bonchev–Trinajstić information content (AvgIpc) is 2.36. The number of carbonyl (C=O) groups is 2. The molecule has 1 aromatic carbocycles. The molecule has 5 heteroatoms. The van der Waals surface area contributed by atoms with E-state index in [1.807, 2.05) is 6.92 Å². The third kappa shape index (κ3) is 4.37. The molecule has 0 saturated carbocycles. The number of halogens is 1. The van der Waals surface area contributed by atoms with Gasteiger partial charge in [0.25, 0.3) is 5.91 Å². The van der Waals surface area contributed by atoms with E-state index in [1.165, 1.54) is 0 Å². The first-order chi connectivity index (χ1) is 8.54. The third-order valence-electron chi connectivity index (χ3n) is 2.40. The van der Waals surface area contributed by atoms with Crippen LogP contribution in [0.25, 0.3) is 0 Å². The number of rotatable bonds is 5. The summed E-state index contributed by atoms with van der Waals surface area (Å²) in [7, 11) is 0. The van der Waals surface area contributed by atoms with Gasteiger partial charge in [-0.1, -0.05) is 18.5 Å². The minimum Gasteiger partial charge on any atom is -0.354 e. The lowest BCUT2D eigenvalue weighted by Crippen LogP contribution is -2.44. The second kappa shape index (κ2) is 7.01. The molecule has 98 valence electrons. The maximum Gasteiger partial charge on any atom is 0.251 e. The summed E-state index contributed by atoms with van der Waals surface area (Å²) in [6, 6.07) is 5.96. The molecule has 2 amide bonds. The van der Waals surface area contributed by atoms with Crippen LogP contribution in [-0.4, -0.2) is 24.4 Å². The van der Waals surface area contributed by atoms with Gasteiger partial charge in [0.1, 0.15) is 6.04 Å². The van der Waals surface area contributed by atoms with Crippen LogP contribution >= 0.6 is 11.6 Å². The second-order valence-electron chi connectivity index (χ2n) is 3.99. The Morgan fingerprint density at radius 1 is 1.28 bits per heavy atom. The topological polar surface area (TPSA) is 58.2 Å². The smallest absolute Gasteiger partial charge is 0.251 e.